The summed E-state index contributed by atoms with van der Waals surface area (Å²) in [6.07, 6.45) is 27.9. The first-order chi connectivity index (χ1) is 31.3. The Bertz CT molecular complexity index is 1050. The van der Waals surface area contributed by atoms with Crippen LogP contribution in [0.25, 0.3) is 0 Å². The molecule has 0 aromatic rings. The van der Waals surface area contributed by atoms with Gasteiger partial charge in [-0.05, 0) is 64.2 Å². The zero-order chi connectivity index (χ0) is 46.5. The van der Waals surface area contributed by atoms with Gasteiger partial charge in [-0.2, -0.15) is 0 Å². The van der Waals surface area contributed by atoms with Gasteiger partial charge in [0.15, 0.2) is 12.6 Å². The predicted octanol–water partition coefficient (Wildman–Crippen LogP) is 8.10. The minimum absolute atomic E-state index is 0.176. The fourth-order valence-electron chi connectivity index (χ4n) is 8.32. The molecule has 2 rings (SSSR count). The summed E-state index contributed by atoms with van der Waals surface area (Å²) in [4.78, 5) is 0. The molecule has 10 atom stereocenters. The van der Waals surface area contributed by atoms with Crippen LogP contribution in [0.1, 0.15) is 194 Å². The maximum atomic E-state index is 11.1. The van der Waals surface area contributed by atoms with Crippen molar-refractivity contribution in [2.45, 2.75) is 261 Å². The molecule has 2 heterocycles. The largest absolute Gasteiger partial charge is 0.394 e. The number of rotatable bonds is 42. The summed E-state index contributed by atoms with van der Waals surface area (Å²) in [7, 11) is 0. The van der Waals surface area contributed by atoms with Crippen molar-refractivity contribution < 1.29 is 64.2 Å². The molecule has 0 bridgehead atoms. The van der Waals surface area contributed by atoms with Crippen molar-refractivity contribution in [1.29, 1.82) is 0 Å². The Labute approximate surface area is 388 Å². The van der Waals surface area contributed by atoms with Crippen LogP contribution in [-0.4, -0.2) is 143 Å². The number of allylic oxidation sites excluding steroid dienone is 4. The number of unbranched alkanes of at least 4 members (excludes halogenated alkanes) is 24. The van der Waals surface area contributed by atoms with Crippen molar-refractivity contribution in [2.24, 2.45) is 0 Å². The lowest BCUT2D eigenvalue weighted by atomic mass is 9.97. The van der Waals surface area contributed by atoms with Crippen molar-refractivity contribution in [3.8, 4) is 0 Å². The van der Waals surface area contributed by atoms with Gasteiger partial charge in [0.05, 0.1) is 26.4 Å². The van der Waals surface area contributed by atoms with Crippen molar-refractivity contribution in [1.82, 2.24) is 0 Å². The zero-order valence-corrected chi connectivity index (χ0v) is 40.3. The van der Waals surface area contributed by atoms with Gasteiger partial charge >= 0.3 is 0 Å². The van der Waals surface area contributed by atoms with E-state index in [0.29, 0.717) is 13.2 Å². The Balaban J connectivity index is 1.75. The van der Waals surface area contributed by atoms with Crippen LogP contribution in [0, 0.1) is 0 Å². The third-order valence-electron chi connectivity index (χ3n) is 12.5. The van der Waals surface area contributed by atoms with Crippen LogP contribution < -0.4 is 0 Å². The SMILES string of the molecule is CCCCCCCCC=CCCCCCCCCOCC(COCCCCCCCCC=CCCCCCCCC)O[C@@H]1O[C@H](CO)[C@@H](O[C@H]2O[C@H](CO)[C@@H](O)[C@H](O)[C@H]2O)[C@H](O)[C@H]1O. The number of ether oxygens (including phenoxy) is 6. The highest BCUT2D eigenvalue weighted by Crippen LogP contribution is 2.30. The van der Waals surface area contributed by atoms with Gasteiger partial charge in [0.2, 0.25) is 0 Å². The van der Waals surface area contributed by atoms with Gasteiger partial charge in [-0.3, -0.25) is 0 Å². The molecule has 2 saturated heterocycles. The third-order valence-corrected chi connectivity index (χ3v) is 12.5. The standard InChI is InChI=1S/C51H96O13/c1-3-5-7-9-11-13-15-17-19-21-23-25-27-29-31-33-35-59-39-41(40-60-36-34-32-30-28-26-24-22-20-18-16-14-12-10-8-6-4-2)61-50-48(58)46(56)49(43(38-53)63-50)64-51-47(57)45(55)44(54)42(37-52)62-51/h17-20,41-58H,3-16,21-40H2,1-2H3/t41?,42-,43-,44-,45+,46-,47-,48-,49-,50-,51-/m1/s1. The summed E-state index contributed by atoms with van der Waals surface area (Å²) in [5.41, 5.74) is 0. The zero-order valence-electron chi connectivity index (χ0n) is 40.3. The molecule has 0 saturated carbocycles. The lowest BCUT2D eigenvalue weighted by Gasteiger charge is -2.46. The first-order valence-electron chi connectivity index (χ1n) is 26.0. The molecule has 13 nitrogen and oxygen atoms in total. The lowest BCUT2D eigenvalue weighted by Crippen LogP contribution is -2.65. The molecule has 13 heteroatoms. The van der Waals surface area contributed by atoms with Crippen molar-refractivity contribution in [3.05, 3.63) is 24.3 Å². The summed E-state index contributed by atoms with van der Waals surface area (Å²) in [6, 6.07) is 0. The normalized spacial score (nSPS) is 27.0. The third kappa shape index (κ3) is 26.5. The molecular formula is C51H96O13. The van der Waals surface area contributed by atoms with Gasteiger partial charge in [0.25, 0.3) is 0 Å². The average molecular weight is 917 g/mol. The molecule has 0 spiro atoms. The monoisotopic (exact) mass is 917 g/mol. The summed E-state index contributed by atoms with van der Waals surface area (Å²) in [6.45, 7) is 4.64. The Morgan fingerprint density at radius 2 is 0.797 bits per heavy atom. The van der Waals surface area contributed by atoms with E-state index in [-0.39, 0.29) is 13.2 Å². The Morgan fingerprint density at radius 1 is 0.422 bits per heavy atom. The van der Waals surface area contributed by atoms with Crippen molar-refractivity contribution >= 4 is 0 Å². The molecular weight excluding hydrogens is 821 g/mol. The van der Waals surface area contributed by atoms with Crippen LogP contribution in [0.4, 0.5) is 0 Å². The van der Waals surface area contributed by atoms with Crippen LogP contribution >= 0.6 is 0 Å². The smallest absolute Gasteiger partial charge is 0.187 e. The lowest BCUT2D eigenvalue weighted by molar-refractivity contribution is -0.364. The van der Waals surface area contributed by atoms with Gasteiger partial charge in [-0.25, -0.2) is 0 Å². The van der Waals surface area contributed by atoms with Gasteiger partial charge < -0.3 is 64.2 Å². The molecule has 2 fully saturated rings. The van der Waals surface area contributed by atoms with E-state index in [1.165, 1.54) is 128 Å². The number of aliphatic hydroxyl groups is 7. The number of hydrogen-bond donors (Lipinski definition) is 7. The second-order valence-electron chi connectivity index (χ2n) is 18.3. The highest BCUT2D eigenvalue weighted by Gasteiger charge is 2.51. The summed E-state index contributed by atoms with van der Waals surface area (Å²) < 4.78 is 35.2. The van der Waals surface area contributed by atoms with Crippen molar-refractivity contribution in [3.63, 3.8) is 0 Å². The minimum Gasteiger partial charge on any atom is -0.394 e. The molecule has 0 radical (unpaired) electrons. The molecule has 0 amide bonds. The van der Waals surface area contributed by atoms with E-state index >= 15 is 0 Å². The fourth-order valence-corrected chi connectivity index (χ4v) is 8.32. The summed E-state index contributed by atoms with van der Waals surface area (Å²) in [5.74, 6) is 0. The maximum Gasteiger partial charge on any atom is 0.187 e. The maximum absolute atomic E-state index is 11.1. The van der Waals surface area contributed by atoms with Crippen LogP contribution in [0.15, 0.2) is 24.3 Å². The van der Waals surface area contributed by atoms with E-state index in [1.807, 2.05) is 0 Å². The Hall–Kier alpha value is -1.04. The van der Waals surface area contributed by atoms with E-state index in [2.05, 4.69) is 38.2 Å². The quantitative estimate of drug-likeness (QED) is 0.0229. The van der Waals surface area contributed by atoms with Gasteiger partial charge in [0.1, 0.15) is 54.9 Å². The van der Waals surface area contributed by atoms with Gasteiger partial charge in [-0.15, -0.1) is 0 Å². The number of aliphatic hydroxyl groups excluding tert-OH is 7. The fraction of sp³-hybridized carbons (Fsp3) is 0.922. The highest BCUT2D eigenvalue weighted by atomic mass is 16.7. The van der Waals surface area contributed by atoms with E-state index in [9.17, 15) is 35.7 Å². The van der Waals surface area contributed by atoms with E-state index in [4.69, 9.17) is 28.4 Å². The molecule has 2 aliphatic heterocycles. The topological polar surface area (TPSA) is 197 Å². The van der Waals surface area contributed by atoms with Gasteiger partial charge in [-0.1, -0.05) is 154 Å². The van der Waals surface area contributed by atoms with E-state index < -0.39 is 80.7 Å². The van der Waals surface area contributed by atoms with Crippen molar-refractivity contribution in [2.75, 3.05) is 39.6 Å². The summed E-state index contributed by atoms with van der Waals surface area (Å²) >= 11 is 0. The molecule has 2 aliphatic rings. The second kappa shape index (κ2) is 39.9. The van der Waals surface area contributed by atoms with Crippen LogP contribution in [-0.2, 0) is 28.4 Å². The molecule has 64 heavy (non-hydrogen) atoms. The van der Waals surface area contributed by atoms with E-state index in [0.717, 1.165) is 51.4 Å². The first kappa shape index (κ1) is 59.1. The highest BCUT2D eigenvalue weighted by molar-refractivity contribution is 4.94. The first-order valence-corrected chi connectivity index (χ1v) is 26.0. The Kier molecular flexibility index (Phi) is 36.8. The Morgan fingerprint density at radius 3 is 1.22 bits per heavy atom. The molecule has 0 aromatic heterocycles. The van der Waals surface area contributed by atoms with Gasteiger partial charge in [0, 0.05) is 13.2 Å². The molecule has 378 valence electrons. The molecule has 0 unspecified atom stereocenters. The number of hydrogen-bond acceptors (Lipinski definition) is 13. The predicted molar refractivity (Wildman–Crippen MR) is 252 cm³/mol. The second-order valence-corrected chi connectivity index (χ2v) is 18.3. The van der Waals surface area contributed by atoms with Crippen LogP contribution in [0.3, 0.4) is 0 Å². The molecule has 0 aromatic carbocycles. The molecule has 7 N–H and O–H groups in total. The van der Waals surface area contributed by atoms with Crippen LogP contribution in [0.5, 0.6) is 0 Å². The van der Waals surface area contributed by atoms with Crippen LogP contribution in [0.2, 0.25) is 0 Å². The minimum atomic E-state index is -1.74. The summed E-state index contributed by atoms with van der Waals surface area (Å²) in [5, 5.41) is 72.9. The van der Waals surface area contributed by atoms with E-state index in [1.54, 1.807) is 0 Å². The average Bonchev–Trinajstić information content (AvgIpc) is 3.30. The molecule has 0 aliphatic carbocycles.